The molecule has 1 amide bonds. The number of hydrazine groups is 1. The first-order chi connectivity index (χ1) is 8.99. The standard InChI is InChI=1S/C11H23FN4O3/c1-19-10-2-3-15(6-8(10)12)11(18)9(13)7-16(14)4-5-17/h8-10,17H,2-7,13-14H2,1H3/t8-,9?,10+/m1/s1. The summed E-state index contributed by atoms with van der Waals surface area (Å²) in [5, 5.41) is 9.98. The SMILES string of the molecule is CO[C@H]1CCN(C(=O)C(N)CN(N)CCO)C[C@H]1F. The fourth-order valence-corrected chi connectivity index (χ4v) is 2.13. The quantitative estimate of drug-likeness (QED) is 0.386. The largest absolute Gasteiger partial charge is 0.395 e. The molecule has 0 aromatic heterocycles. The Bertz CT molecular complexity index is 295. The molecule has 0 radical (unpaired) electrons. The summed E-state index contributed by atoms with van der Waals surface area (Å²) in [6, 6.07) is -0.817. The molecule has 1 saturated heterocycles. The minimum atomic E-state index is -1.19. The highest BCUT2D eigenvalue weighted by atomic mass is 19.1. The number of ether oxygens (including phenoxy) is 1. The zero-order valence-electron chi connectivity index (χ0n) is 11.2. The smallest absolute Gasteiger partial charge is 0.240 e. The van der Waals surface area contributed by atoms with Gasteiger partial charge in [-0.2, -0.15) is 0 Å². The third kappa shape index (κ3) is 4.66. The molecule has 0 aromatic rings. The van der Waals surface area contributed by atoms with Gasteiger partial charge in [-0.05, 0) is 6.42 Å². The lowest BCUT2D eigenvalue weighted by atomic mass is 10.0. The molecule has 112 valence electrons. The lowest BCUT2D eigenvalue weighted by molar-refractivity contribution is -0.138. The molecule has 1 heterocycles. The van der Waals surface area contributed by atoms with Crippen LogP contribution in [0.4, 0.5) is 4.39 Å². The highest BCUT2D eigenvalue weighted by Gasteiger charge is 2.33. The Hall–Kier alpha value is -0.800. The molecule has 1 rings (SSSR count). The summed E-state index contributed by atoms with van der Waals surface area (Å²) < 4.78 is 18.7. The summed E-state index contributed by atoms with van der Waals surface area (Å²) in [7, 11) is 1.46. The normalized spacial score (nSPS) is 25.7. The third-order valence-electron chi connectivity index (χ3n) is 3.23. The van der Waals surface area contributed by atoms with E-state index in [0.717, 1.165) is 0 Å². The second kappa shape index (κ2) is 7.71. The van der Waals surface area contributed by atoms with E-state index >= 15 is 0 Å². The summed E-state index contributed by atoms with van der Waals surface area (Å²) in [5.74, 6) is 5.22. The summed E-state index contributed by atoms with van der Waals surface area (Å²) in [6.07, 6.45) is -1.19. The number of hydrogen-bond donors (Lipinski definition) is 3. The first-order valence-electron chi connectivity index (χ1n) is 6.31. The maximum atomic E-state index is 13.7. The van der Waals surface area contributed by atoms with E-state index in [9.17, 15) is 9.18 Å². The number of carbonyl (C=O) groups is 1. The van der Waals surface area contributed by atoms with Crippen LogP contribution in [0.15, 0.2) is 0 Å². The molecule has 1 aliphatic rings. The van der Waals surface area contributed by atoms with Crippen LogP contribution in [-0.4, -0.2) is 79.1 Å². The first kappa shape index (κ1) is 16.3. The zero-order valence-corrected chi connectivity index (χ0v) is 11.2. The van der Waals surface area contributed by atoms with E-state index < -0.39 is 18.3 Å². The number of nitrogens with two attached hydrogens (primary N) is 2. The Labute approximate surface area is 112 Å². The van der Waals surface area contributed by atoms with E-state index in [1.807, 2.05) is 0 Å². The predicted octanol–water partition coefficient (Wildman–Crippen LogP) is -1.93. The Balaban J connectivity index is 2.45. The number of nitrogens with zero attached hydrogens (tertiary/aromatic N) is 2. The maximum Gasteiger partial charge on any atom is 0.240 e. The van der Waals surface area contributed by atoms with E-state index in [1.54, 1.807) is 0 Å². The molecule has 0 saturated carbocycles. The minimum Gasteiger partial charge on any atom is -0.395 e. The van der Waals surface area contributed by atoms with Gasteiger partial charge in [-0.25, -0.2) is 9.40 Å². The third-order valence-corrected chi connectivity index (χ3v) is 3.23. The van der Waals surface area contributed by atoms with Crippen LogP contribution in [0.25, 0.3) is 0 Å². The number of methoxy groups -OCH3 is 1. The van der Waals surface area contributed by atoms with E-state index in [4.69, 9.17) is 21.4 Å². The number of piperidine rings is 1. The van der Waals surface area contributed by atoms with Crippen molar-refractivity contribution in [3.05, 3.63) is 0 Å². The van der Waals surface area contributed by atoms with Gasteiger partial charge in [-0.15, -0.1) is 0 Å². The van der Waals surface area contributed by atoms with Crippen molar-refractivity contribution in [1.29, 1.82) is 0 Å². The summed E-state index contributed by atoms with van der Waals surface area (Å²) in [6.45, 7) is 0.674. The summed E-state index contributed by atoms with van der Waals surface area (Å²) in [4.78, 5) is 13.4. The van der Waals surface area contributed by atoms with Crippen LogP contribution >= 0.6 is 0 Å². The molecular formula is C11H23FN4O3. The number of aliphatic hydroxyl groups excluding tert-OH is 1. The molecule has 5 N–H and O–H groups in total. The molecule has 1 fully saturated rings. The number of aliphatic hydroxyl groups is 1. The van der Waals surface area contributed by atoms with Gasteiger partial charge in [0, 0.05) is 26.7 Å². The lowest BCUT2D eigenvalue weighted by Crippen LogP contribution is -2.56. The van der Waals surface area contributed by atoms with Gasteiger partial charge in [0.15, 0.2) is 0 Å². The van der Waals surface area contributed by atoms with Crippen molar-refractivity contribution in [3.63, 3.8) is 0 Å². The monoisotopic (exact) mass is 278 g/mol. The van der Waals surface area contributed by atoms with Crippen LogP contribution in [0.1, 0.15) is 6.42 Å². The van der Waals surface area contributed by atoms with Gasteiger partial charge in [0.1, 0.15) is 6.17 Å². The molecule has 3 atom stereocenters. The van der Waals surface area contributed by atoms with E-state index in [-0.39, 0.29) is 32.1 Å². The van der Waals surface area contributed by atoms with Crippen LogP contribution in [0.5, 0.6) is 0 Å². The van der Waals surface area contributed by atoms with E-state index in [1.165, 1.54) is 17.0 Å². The highest BCUT2D eigenvalue weighted by Crippen LogP contribution is 2.17. The molecule has 1 aliphatic heterocycles. The Morgan fingerprint density at radius 2 is 2.37 bits per heavy atom. The van der Waals surface area contributed by atoms with Gasteiger partial charge < -0.3 is 20.5 Å². The van der Waals surface area contributed by atoms with E-state index in [2.05, 4.69) is 0 Å². The second-order valence-electron chi connectivity index (χ2n) is 4.69. The predicted molar refractivity (Wildman–Crippen MR) is 67.7 cm³/mol. The molecule has 1 unspecified atom stereocenters. The highest BCUT2D eigenvalue weighted by molar-refractivity contribution is 5.82. The van der Waals surface area contributed by atoms with Crippen molar-refractivity contribution >= 4 is 5.91 Å². The molecule has 0 bridgehead atoms. The van der Waals surface area contributed by atoms with Crippen LogP contribution < -0.4 is 11.6 Å². The van der Waals surface area contributed by atoms with Gasteiger partial charge in [0.05, 0.1) is 25.3 Å². The Morgan fingerprint density at radius 1 is 1.68 bits per heavy atom. The number of hydrogen-bond acceptors (Lipinski definition) is 6. The van der Waals surface area contributed by atoms with Gasteiger partial charge in [0.25, 0.3) is 0 Å². The fourth-order valence-electron chi connectivity index (χ4n) is 2.13. The first-order valence-corrected chi connectivity index (χ1v) is 6.31. The number of carbonyl (C=O) groups excluding carboxylic acids is 1. The summed E-state index contributed by atoms with van der Waals surface area (Å²) in [5.41, 5.74) is 5.74. The molecule has 0 spiro atoms. The average molecular weight is 278 g/mol. The summed E-state index contributed by atoms with van der Waals surface area (Å²) >= 11 is 0. The number of likely N-dealkylation sites (tertiary alicyclic amines) is 1. The molecule has 0 aromatic carbocycles. The van der Waals surface area contributed by atoms with Gasteiger partial charge in [0.2, 0.25) is 5.91 Å². The Morgan fingerprint density at radius 3 is 2.89 bits per heavy atom. The van der Waals surface area contributed by atoms with Crippen molar-refractivity contribution in [1.82, 2.24) is 9.91 Å². The van der Waals surface area contributed by atoms with Crippen LogP contribution in [0, 0.1) is 0 Å². The zero-order chi connectivity index (χ0) is 14.4. The second-order valence-corrected chi connectivity index (χ2v) is 4.69. The number of amides is 1. The minimum absolute atomic E-state index is 0.00435. The van der Waals surface area contributed by atoms with Gasteiger partial charge in [-0.3, -0.25) is 10.6 Å². The van der Waals surface area contributed by atoms with Gasteiger partial charge in [-0.1, -0.05) is 0 Å². The molecule has 0 aliphatic carbocycles. The number of alkyl halides is 1. The molecule has 8 heteroatoms. The van der Waals surface area contributed by atoms with Crippen LogP contribution in [-0.2, 0) is 9.53 Å². The number of rotatable bonds is 6. The fraction of sp³-hybridized carbons (Fsp3) is 0.909. The topological polar surface area (TPSA) is 105 Å². The maximum absolute atomic E-state index is 13.7. The van der Waals surface area contributed by atoms with E-state index in [0.29, 0.717) is 13.0 Å². The average Bonchev–Trinajstić information content (AvgIpc) is 2.37. The van der Waals surface area contributed by atoms with Crippen molar-refractivity contribution in [2.75, 3.05) is 39.9 Å². The van der Waals surface area contributed by atoms with Crippen molar-refractivity contribution in [2.24, 2.45) is 11.6 Å². The van der Waals surface area contributed by atoms with Crippen LogP contribution in [0.3, 0.4) is 0 Å². The Kier molecular flexibility index (Phi) is 6.59. The molecule has 19 heavy (non-hydrogen) atoms. The lowest BCUT2D eigenvalue weighted by Gasteiger charge is -2.35. The van der Waals surface area contributed by atoms with Crippen molar-refractivity contribution < 1.29 is 19.0 Å². The van der Waals surface area contributed by atoms with Crippen LogP contribution in [0.2, 0.25) is 0 Å². The van der Waals surface area contributed by atoms with Gasteiger partial charge >= 0.3 is 0 Å². The molecular weight excluding hydrogens is 255 g/mol. The number of halogens is 1. The molecule has 7 nitrogen and oxygen atoms in total. The van der Waals surface area contributed by atoms with Crippen molar-refractivity contribution in [3.8, 4) is 0 Å². The van der Waals surface area contributed by atoms with Crippen molar-refractivity contribution in [2.45, 2.75) is 24.7 Å².